The minimum Gasteiger partial charge on any atom is -0.300 e. The molecule has 0 saturated heterocycles. The summed E-state index contributed by atoms with van der Waals surface area (Å²) in [7, 11) is 0. The van der Waals surface area contributed by atoms with Crippen LogP contribution in [0.15, 0.2) is 17.8 Å². The van der Waals surface area contributed by atoms with E-state index in [0.29, 0.717) is 13.1 Å². The van der Waals surface area contributed by atoms with Crippen LogP contribution in [0.4, 0.5) is 0 Å². The Morgan fingerprint density at radius 2 is 2.47 bits per heavy atom. The van der Waals surface area contributed by atoms with E-state index in [1.165, 1.54) is 0 Å². The number of nitriles is 1. The summed E-state index contributed by atoms with van der Waals surface area (Å²) in [5, 5.41) is 15.6. The summed E-state index contributed by atoms with van der Waals surface area (Å²) < 4.78 is 0. The highest BCUT2D eigenvalue weighted by atomic mass is 15.1. The molecule has 0 bridgehead atoms. The van der Waals surface area contributed by atoms with Crippen molar-refractivity contribution in [2.24, 2.45) is 5.11 Å². The molecule has 15 heavy (non-hydrogen) atoms. The van der Waals surface area contributed by atoms with Crippen molar-refractivity contribution < 1.29 is 0 Å². The van der Waals surface area contributed by atoms with Gasteiger partial charge in [-0.05, 0) is 38.3 Å². The fourth-order valence-corrected chi connectivity index (χ4v) is 1.13. The normalized spacial score (nSPS) is 13.3. The summed E-state index contributed by atoms with van der Waals surface area (Å²) in [6.07, 6.45) is 4.11. The number of rotatable bonds is 8. The van der Waals surface area contributed by atoms with E-state index in [9.17, 15) is 0 Å². The predicted molar refractivity (Wildman–Crippen MR) is 60.1 cm³/mol. The van der Waals surface area contributed by atoms with Gasteiger partial charge in [0, 0.05) is 11.5 Å². The van der Waals surface area contributed by atoms with Gasteiger partial charge in [-0.2, -0.15) is 5.26 Å². The first-order valence-electron chi connectivity index (χ1n) is 4.96. The van der Waals surface area contributed by atoms with E-state index in [4.69, 9.17) is 10.8 Å². The van der Waals surface area contributed by atoms with Gasteiger partial charge in [0.2, 0.25) is 0 Å². The summed E-state index contributed by atoms with van der Waals surface area (Å²) >= 11 is 0. The Balaban J connectivity index is 3.83. The Hall–Kier alpha value is -1.50. The van der Waals surface area contributed by atoms with Crippen LogP contribution in [-0.2, 0) is 0 Å². The maximum atomic E-state index is 8.99. The van der Waals surface area contributed by atoms with Crippen LogP contribution < -0.4 is 5.32 Å². The largest absolute Gasteiger partial charge is 0.300 e. The molecule has 0 spiro atoms. The average Bonchev–Trinajstić information content (AvgIpc) is 2.26. The molecule has 82 valence electrons. The molecule has 0 aromatic heterocycles. The van der Waals surface area contributed by atoms with E-state index in [0.717, 1.165) is 19.3 Å². The van der Waals surface area contributed by atoms with Crippen molar-refractivity contribution in [2.75, 3.05) is 13.1 Å². The minimum atomic E-state index is -0.509. The Morgan fingerprint density at radius 1 is 1.73 bits per heavy atom. The van der Waals surface area contributed by atoms with Gasteiger partial charge in [0.1, 0.15) is 5.54 Å². The molecular weight excluding hydrogens is 190 g/mol. The number of nitrogens with zero attached hydrogens (tertiary/aromatic N) is 4. The summed E-state index contributed by atoms with van der Waals surface area (Å²) in [6.45, 7) is 6.64. The highest BCUT2D eigenvalue weighted by Gasteiger charge is 2.20. The van der Waals surface area contributed by atoms with E-state index in [2.05, 4.69) is 28.0 Å². The van der Waals surface area contributed by atoms with Gasteiger partial charge in [0.25, 0.3) is 0 Å². The molecule has 5 heteroatoms. The number of nitrogens with one attached hydrogen (secondary N) is 1. The van der Waals surface area contributed by atoms with Crippen molar-refractivity contribution >= 4 is 0 Å². The number of allylic oxidation sites excluding steroid dienone is 1. The number of hydrogen-bond acceptors (Lipinski definition) is 3. The first kappa shape index (κ1) is 13.5. The van der Waals surface area contributed by atoms with E-state index in [1.807, 2.05) is 6.92 Å². The van der Waals surface area contributed by atoms with Crippen molar-refractivity contribution in [2.45, 2.75) is 31.7 Å². The van der Waals surface area contributed by atoms with Crippen molar-refractivity contribution in [3.63, 3.8) is 0 Å². The second-order valence-corrected chi connectivity index (χ2v) is 3.51. The fraction of sp³-hybridized carbons (Fsp3) is 0.700. The molecule has 0 radical (unpaired) electrons. The summed E-state index contributed by atoms with van der Waals surface area (Å²) in [6, 6.07) is 2.24. The van der Waals surface area contributed by atoms with Crippen molar-refractivity contribution in [3.05, 3.63) is 23.1 Å². The summed E-state index contributed by atoms with van der Waals surface area (Å²) in [5.41, 5.74) is 7.55. The summed E-state index contributed by atoms with van der Waals surface area (Å²) in [4.78, 5) is 2.66. The zero-order chi connectivity index (χ0) is 11.6. The zero-order valence-corrected chi connectivity index (χ0v) is 9.11. The van der Waals surface area contributed by atoms with Gasteiger partial charge in [0.15, 0.2) is 0 Å². The SMILES string of the molecule is C=CCCC(C)(C#N)NCCCN=[N+]=[N-]. The van der Waals surface area contributed by atoms with Gasteiger partial charge in [0.05, 0.1) is 6.07 Å². The second kappa shape index (κ2) is 7.86. The molecule has 1 atom stereocenters. The highest BCUT2D eigenvalue weighted by molar-refractivity contribution is 5.04. The van der Waals surface area contributed by atoms with Crippen LogP contribution in [0, 0.1) is 11.3 Å². The zero-order valence-electron chi connectivity index (χ0n) is 9.11. The molecule has 0 aliphatic carbocycles. The molecule has 0 aromatic rings. The topological polar surface area (TPSA) is 84.6 Å². The highest BCUT2D eigenvalue weighted by Crippen LogP contribution is 2.11. The van der Waals surface area contributed by atoms with Crippen LogP contribution in [0.25, 0.3) is 10.4 Å². The number of azide groups is 1. The molecule has 5 nitrogen and oxygen atoms in total. The third-order valence-electron chi connectivity index (χ3n) is 2.11. The first-order valence-corrected chi connectivity index (χ1v) is 4.96. The van der Waals surface area contributed by atoms with Crippen LogP contribution in [0.3, 0.4) is 0 Å². The van der Waals surface area contributed by atoms with Crippen LogP contribution in [-0.4, -0.2) is 18.6 Å². The maximum absolute atomic E-state index is 8.99. The molecule has 1 N–H and O–H groups in total. The smallest absolute Gasteiger partial charge is 0.104 e. The standard InChI is InChI=1S/C10H17N5/c1-3-4-6-10(2,9-11)13-7-5-8-14-15-12/h3,13H,1,4-8H2,2H3. The molecule has 0 fully saturated rings. The van der Waals surface area contributed by atoms with E-state index >= 15 is 0 Å². The fourth-order valence-electron chi connectivity index (χ4n) is 1.13. The third-order valence-corrected chi connectivity index (χ3v) is 2.11. The monoisotopic (exact) mass is 207 g/mol. The lowest BCUT2D eigenvalue weighted by Gasteiger charge is -2.22. The van der Waals surface area contributed by atoms with Crippen molar-refractivity contribution in [1.82, 2.24) is 5.32 Å². The van der Waals surface area contributed by atoms with Gasteiger partial charge in [-0.3, -0.25) is 5.32 Å². The van der Waals surface area contributed by atoms with Gasteiger partial charge in [-0.15, -0.1) is 6.58 Å². The minimum absolute atomic E-state index is 0.465. The van der Waals surface area contributed by atoms with Gasteiger partial charge in [-0.1, -0.05) is 11.2 Å². The van der Waals surface area contributed by atoms with Crippen molar-refractivity contribution in [3.8, 4) is 6.07 Å². The molecule has 0 aliphatic heterocycles. The van der Waals surface area contributed by atoms with E-state index < -0.39 is 5.54 Å². The van der Waals surface area contributed by atoms with Gasteiger partial charge in [-0.25, -0.2) is 0 Å². The second-order valence-electron chi connectivity index (χ2n) is 3.51. The first-order chi connectivity index (χ1) is 7.18. The lowest BCUT2D eigenvalue weighted by atomic mass is 9.97. The van der Waals surface area contributed by atoms with Crippen LogP contribution >= 0.6 is 0 Å². The molecule has 0 saturated carbocycles. The van der Waals surface area contributed by atoms with E-state index in [-0.39, 0.29) is 0 Å². The molecule has 0 aromatic carbocycles. The van der Waals surface area contributed by atoms with Gasteiger partial charge >= 0.3 is 0 Å². The van der Waals surface area contributed by atoms with Crippen LogP contribution in [0.5, 0.6) is 0 Å². The lowest BCUT2D eigenvalue weighted by Crippen LogP contribution is -2.41. The predicted octanol–water partition coefficient (Wildman–Crippen LogP) is 2.52. The van der Waals surface area contributed by atoms with Gasteiger partial charge < -0.3 is 0 Å². The summed E-state index contributed by atoms with van der Waals surface area (Å²) in [5.74, 6) is 0. The van der Waals surface area contributed by atoms with Crippen LogP contribution in [0.1, 0.15) is 26.2 Å². The molecule has 1 unspecified atom stereocenters. The molecule has 0 rings (SSSR count). The molecule has 0 aliphatic rings. The molecule has 0 amide bonds. The lowest BCUT2D eigenvalue weighted by molar-refractivity contribution is 0.419. The Kier molecular flexibility index (Phi) is 7.08. The third kappa shape index (κ3) is 6.55. The quantitative estimate of drug-likeness (QED) is 0.218. The Bertz CT molecular complexity index is 274. The van der Waals surface area contributed by atoms with E-state index in [1.54, 1.807) is 6.08 Å². The van der Waals surface area contributed by atoms with Crippen LogP contribution in [0.2, 0.25) is 0 Å². The Labute approximate surface area is 90.4 Å². The number of hydrogen-bond donors (Lipinski definition) is 1. The maximum Gasteiger partial charge on any atom is 0.104 e. The Morgan fingerprint density at radius 3 is 3.00 bits per heavy atom. The molecular formula is C10H17N5. The molecule has 0 heterocycles. The average molecular weight is 207 g/mol. The van der Waals surface area contributed by atoms with Crippen molar-refractivity contribution in [1.29, 1.82) is 5.26 Å².